The molecule has 2 amide bonds. The van der Waals surface area contributed by atoms with Gasteiger partial charge in [-0.3, -0.25) is 0 Å². The summed E-state index contributed by atoms with van der Waals surface area (Å²) >= 11 is 0. The van der Waals surface area contributed by atoms with Crippen LogP contribution in [0.25, 0.3) is 0 Å². The molecule has 0 aromatic heterocycles. The molecule has 0 spiro atoms. The fourth-order valence-corrected chi connectivity index (χ4v) is 3.52. The summed E-state index contributed by atoms with van der Waals surface area (Å²) in [5, 5.41) is 14.6. The molecule has 0 saturated heterocycles. The van der Waals surface area contributed by atoms with E-state index in [1.807, 2.05) is 12.1 Å². The number of halogens is 2. The van der Waals surface area contributed by atoms with Gasteiger partial charge in [0.05, 0.1) is 12.2 Å². The fourth-order valence-electron chi connectivity index (χ4n) is 3.52. The second kappa shape index (κ2) is 12.2. The van der Waals surface area contributed by atoms with Crippen LogP contribution >= 0.6 is 0 Å². The normalized spacial score (nSPS) is 12.5. The standard InChI is InChI=1S/C28H30F2N2O5/c1-18(2)20-6-11-23(12-7-20)37-28(3,26(33)34)17-19-4-9-22(10-5-19)36-15-14-31-27(35)32-25-13-8-21(29)16-24(25)30/h4-13,16,18H,14-15,17H2,1-3H3,(H,33,34)(H2,31,32,35). The number of carboxylic acids is 1. The number of aliphatic carboxylic acids is 1. The molecule has 196 valence electrons. The van der Waals surface area contributed by atoms with Gasteiger partial charge < -0.3 is 25.2 Å². The molecule has 0 aliphatic rings. The number of ether oxygens (including phenoxy) is 2. The molecule has 7 nitrogen and oxygen atoms in total. The number of benzene rings is 3. The highest BCUT2D eigenvalue weighted by Crippen LogP contribution is 2.26. The summed E-state index contributed by atoms with van der Waals surface area (Å²) in [6.07, 6.45) is 0.135. The van der Waals surface area contributed by atoms with Gasteiger partial charge in [-0.15, -0.1) is 0 Å². The average Bonchev–Trinajstić information content (AvgIpc) is 2.85. The second-order valence-electron chi connectivity index (χ2n) is 9.04. The Morgan fingerprint density at radius 3 is 2.22 bits per heavy atom. The van der Waals surface area contributed by atoms with Gasteiger partial charge in [0.1, 0.15) is 29.7 Å². The van der Waals surface area contributed by atoms with Gasteiger partial charge in [-0.25, -0.2) is 18.4 Å². The molecule has 1 atom stereocenters. The molecule has 0 aliphatic carbocycles. The smallest absolute Gasteiger partial charge is 0.348 e. The highest BCUT2D eigenvalue weighted by atomic mass is 19.1. The Morgan fingerprint density at radius 2 is 1.62 bits per heavy atom. The van der Waals surface area contributed by atoms with E-state index >= 15 is 0 Å². The highest BCUT2D eigenvalue weighted by molar-refractivity contribution is 5.89. The van der Waals surface area contributed by atoms with Crippen LogP contribution in [0.3, 0.4) is 0 Å². The van der Waals surface area contributed by atoms with Crippen molar-refractivity contribution in [3.63, 3.8) is 0 Å². The molecule has 0 bridgehead atoms. The van der Waals surface area contributed by atoms with Crippen LogP contribution in [-0.2, 0) is 11.2 Å². The lowest BCUT2D eigenvalue weighted by Gasteiger charge is -2.27. The van der Waals surface area contributed by atoms with Gasteiger partial charge in [0.2, 0.25) is 5.60 Å². The third-order valence-electron chi connectivity index (χ3n) is 5.64. The SMILES string of the molecule is CC(C)c1ccc(OC(C)(Cc2ccc(OCCNC(=O)Nc3ccc(F)cc3F)cc2)C(=O)O)cc1. The molecular weight excluding hydrogens is 482 g/mol. The molecule has 0 saturated carbocycles. The van der Waals surface area contributed by atoms with Crippen molar-refractivity contribution in [3.8, 4) is 11.5 Å². The first-order valence-corrected chi connectivity index (χ1v) is 11.8. The van der Waals surface area contributed by atoms with E-state index in [1.54, 1.807) is 36.4 Å². The molecule has 0 aliphatic heterocycles. The van der Waals surface area contributed by atoms with E-state index in [2.05, 4.69) is 24.5 Å². The Labute approximate surface area is 214 Å². The quantitative estimate of drug-likeness (QED) is 0.284. The number of nitrogens with one attached hydrogen (secondary N) is 2. The molecule has 1 unspecified atom stereocenters. The largest absolute Gasteiger partial charge is 0.492 e. The zero-order valence-electron chi connectivity index (χ0n) is 20.9. The number of hydrogen-bond acceptors (Lipinski definition) is 4. The number of urea groups is 1. The minimum Gasteiger partial charge on any atom is -0.492 e. The Morgan fingerprint density at radius 1 is 0.973 bits per heavy atom. The zero-order chi connectivity index (χ0) is 27.0. The van der Waals surface area contributed by atoms with Crippen molar-refractivity contribution in [1.29, 1.82) is 0 Å². The molecule has 37 heavy (non-hydrogen) atoms. The summed E-state index contributed by atoms with van der Waals surface area (Å²) < 4.78 is 38.0. The number of hydrogen-bond donors (Lipinski definition) is 3. The summed E-state index contributed by atoms with van der Waals surface area (Å²) in [5.41, 5.74) is 0.274. The summed E-state index contributed by atoms with van der Waals surface area (Å²) in [4.78, 5) is 23.9. The van der Waals surface area contributed by atoms with Crippen LogP contribution in [0.2, 0.25) is 0 Å². The maximum atomic E-state index is 13.6. The second-order valence-corrected chi connectivity index (χ2v) is 9.04. The van der Waals surface area contributed by atoms with Crippen molar-refractivity contribution < 1.29 is 33.0 Å². The van der Waals surface area contributed by atoms with Crippen LogP contribution < -0.4 is 20.1 Å². The predicted octanol–water partition coefficient (Wildman–Crippen LogP) is 5.75. The number of carboxylic acid groups (broad SMARTS) is 1. The van der Waals surface area contributed by atoms with E-state index < -0.39 is 29.2 Å². The van der Waals surface area contributed by atoms with Gasteiger partial charge in [-0.1, -0.05) is 38.1 Å². The van der Waals surface area contributed by atoms with E-state index in [9.17, 15) is 23.5 Å². The Hall–Kier alpha value is -4.14. The van der Waals surface area contributed by atoms with E-state index in [0.717, 1.165) is 23.3 Å². The van der Waals surface area contributed by atoms with Gasteiger partial charge in [0.25, 0.3) is 0 Å². The van der Waals surface area contributed by atoms with Crippen LogP contribution in [0.4, 0.5) is 19.3 Å². The fraction of sp³-hybridized carbons (Fsp3) is 0.286. The number of amides is 2. The van der Waals surface area contributed by atoms with Gasteiger partial charge in [-0.2, -0.15) is 0 Å². The number of anilines is 1. The Kier molecular flexibility index (Phi) is 9.05. The molecule has 3 N–H and O–H groups in total. The van der Waals surface area contributed by atoms with E-state index in [1.165, 1.54) is 6.92 Å². The minimum atomic E-state index is -1.47. The monoisotopic (exact) mass is 512 g/mol. The molecule has 0 fully saturated rings. The lowest BCUT2D eigenvalue weighted by atomic mass is 9.96. The number of carbonyl (C=O) groups is 2. The average molecular weight is 513 g/mol. The molecular formula is C28H30F2N2O5. The van der Waals surface area contributed by atoms with Crippen molar-refractivity contribution >= 4 is 17.7 Å². The van der Waals surface area contributed by atoms with Crippen LogP contribution in [0.1, 0.15) is 37.8 Å². The Balaban J connectivity index is 1.49. The van der Waals surface area contributed by atoms with Crippen LogP contribution in [-0.4, -0.2) is 35.9 Å². The van der Waals surface area contributed by atoms with E-state index in [-0.39, 0.29) is 25.3 Å². The van der Waals surface area contributed by atoms with Crippen LogP contribution in [0.5, 0.6) is 11.5 Å². The van der Waals surface area contributed by atoms with Crippen molar-refractivity contribution in [1.82, 2.24) is 5.32 Å². The summed E-state index contributed by atoms with van der Waals surface area (Å²) in [6.45, 7) is 5.97. The molecule has 3 rings (SSSR count). The van der Waals surface area contributed by atoms with E-state index in [4.69, 9.17) is 9.47 Å². The van der Waals surface area contributed by atoms with Crippen molar-refractivity contribution in [2.24, 2.45) is 0 Å². The van der Waals surface area contributed by atoms with Gasteiger partial charge >= 0.3 is 12.0 Å². The molecule has 0 heterocycles. The lowest BCUT2D eigenvalue weighted by molar-refractivity contribution is -0.153. The maximum Gasteiger partial charge on any atom is 0.348 e. The van der Waals surface area contributed by atoms with Crippen molar-refractivity contribution in [2.45, 2.75) is 38.7 Å². The van der Waals surface area contributed by atoms with Gasteiger partial charge in [0, 0.05) is 12.5 Å². The zero-order valence-corrected chi connectivity index (χ0v) is 20.9. The maximum absolute atomic E-state index is 13.6. The first kappa shape index (κ1) is 27.4. The van der Waals surface area contributed by atoms with Crippen LogP contribution in [0, 0.1) is 11.6 Å². The Bertz CT molecular complexity index is 1220. The van der Waals surface area contributed by atoms with E-state index in [0.29, 0.717) is 23.5 Å². The van der Waals surface area contributed by atoms with Gasteiger partial charge in [0.15, 0.2) is 0 Å². The predicted molar refractivity (Wildman–Crippen MR) is 136 cm³/mol. The topological polar surface area (TPSA) is 96.9 Å². The third-order valence-corrected chi connectivity index (χ3v) is 5.64. The summed E-state index contributed by atoms with van der Waals surface area (Å²) in [5.74, 6) is -1.32. The number of rotatable bonds is 11. The first-order valence-electron chi connectivity index (χ1n) is 11.8. The highest BCUT2D eigenvalue weighted by Gasteiger charge is 2.36. The number of carbonyl (C=O) groups excluding carboxylic acids is 1. The third kappa shape index (κ3) is 7.93. The first-order chi connectivity index (χ1) is 17.6. The van der Waals surface area contributed by atoms with Crippen molar-refractivity contribution in [3.05, 3.63) is 89.5 Å². The molecule has 3 aromatic rings. The minimum absolute atomic E-state index is 0.135. The molecule has 9 heteroatoms. The summed E-state index contributed by atoms with van der Waals surface area (Å²) in [6, 6.07) is 16.5. The lowest BCUT2D eigenvalue weighted by Crippen LogP contribution is -2.43. The summed E-state index contributed by atoms with van der Waals surface area (Å²) in [7, 11) is 0. The van der Waals surface area contributed by atoms with Crippen molar-refractivity contribution in [2.75, 3.05) is 18.5 Å². The molecule has 3 aromatic carbocycles. The molecule has 0 radical (unpaired) electrons. The van der Waals surface area contributed by atoms with Gasteiger partial charge in [-0.05, 0) is 60.4 Å². The van der Waals surface area contributed by atoms with Crippen LogP contribution in [0.15, 0.2) is 66.7 Å².